The average Bonchev–Trinajstić information content (AvgIpc) is 2.85. The highest BCUT2D eigenvalue weighted by atomic mass is 16.5. The van der Waals surface area contributed by atoms with E-state index < -0.39 is 0 Å². The number of piperidine rings is 1. The third kappa shape index (κ3) is 2.82. The van der Waals surface area contributed by atoms with E-state index in [4.69, 9.17) is 10.5 Å². The van der Waals surface area contributed by atoms with Crippen LogP contribution in [0.5, 0.6) is 5.75 Å². The van der Waals surface area contributed by atoms with Gasteiger partial charge in [-0.15, -0.1) is 0 Å². The molecule has 0 saturated carbocycles. The van der Waals surface area contributed by atoms with Gasteiger partial charge in [-0.1, -0.05) is 25.8 Å². The van der Waals surface area contributed by atoms with Gasteiger partial charge in [-0.2, -0.15) is 0 Å². The van der Waals surface area contributed by atoms with Crippen molar-refractivity contribution < 1.29 is 4.74 Å². The van der Waals surface area contributed by atoms with E-state index in [1.54, 1.807) is 7.11 Å². The monoisotopic (exact) mass is 288 g/mol. The summed E-state index contributed by atoms with van der Waals surface area (Å²) in [5, 5.41) is 0. The molecule has 0 bridgehead atoms. The van der Waals surface area contributed by atoms with Gasteiger partial charge in [0.1, 0.15) is 5.75 Å². The Morgan fingerprint density at radius 3 is 2.95 bits per heavy atom. The Labute approximate surface area is 128 Å². The molecule has 2 N–H and O–H groups in total. The lowest BCUT2D eigenvalue weighted by atomic mass is 9.94. The van der Waals surface area contributed by atoms with E-state index in [0.717, 1.165) is 18.2 Å². The maximum atomic E-state index is 6.61. The lowest BCUT2D eigenvalue weighted by Crippen LogP contribution is -2.49. The lowest BCUT2D eigenvalue weighted by molar-refractivity contribution is 0.0798. The molecule has 3 rings (SSSR count). The minimum absolute atomic E-state index is 0.132. The molecule has 1 aliphatic carbocycles. The number of benzene rings is 1. The van der Waals surface area contributed by atoms with Gasteiger partial charge in [-0.25, -0.2) is 0 Å². The van der Waals surface area contributed by atoms with Crippen molar-refractivity contribution in [3.8, 4) is 5.75 Å². The predicted octanol–water partition coefficient (Wildman–Crippen LogP) is 3.27. The van der Waals surface area contributed by atoms with Gasteiger partial charge in [0.2, 0.25) is 0 Å². The molecule has 0 amide bonds. The Kier molecular flexibility index (Phi) is 4.51. The Morgan fingerprint density at radius 1 is 1.33 bits per heavy atom. The number of hydrogen-bond donors (Lipinski definition) is 1. The molecule has 2 aliphatic rings. The predicted molar refractivity (Wildman–Crippen MR) is 86.7 cm³/mol. The van der Waals surface area contributed by atoms with Crippen molar-refractivity contribution in [2.75, 3.05) is 13.7 Å². The number of likely N-dealkylation sites (tertiary alicyclic amines) is 1. The summed E-state index contributed by atoms with van der Waals surface area (Å²) < 4.78 is 5.36. The molecule has 3 atom stereocenters. The van der Waals surface area contributed by atoms with Crippen molar-refractivity contribution in [1.29, 1.82) is 0 Å². The molecule has 0 radical (unpaired) electrons. The van der Waals surface area contributed by atoms with E-state index in [1.165, 1.54) is 49.8 Å². The van der Waals surface area contributed by atoms with Crippen LogP contribution in [0.2, 0.25) is 0 Å². The van der Waals surface area contributed by atoms with E-state index >= 15 is 0 Å². The van der Waals surface area contributed by atoms with E-state index in [1.807, 2.05) is 0 Å². The quantitative estimate of drug-likeness (QED) is 0.924. The highest BCUT2D eigenvalue weighted by Crippen LogP contribution is 2.38. The topological polar surface area (TPSA) is 38.5 Å². The number of rotatable bonds is 4. The van der Waals surface area contributed by atoms with E-state index in [-0.39, 0.29) is 6.04 Å². The normalized spacial score (nSPS) is 29.4. The van der Waals surface area contributed by atoms with Crippen LogP contribution in [0.4, 0.5) is 0 Å². The molecule has 1 heterocycles. The van der Waals surface area contributed by atoms with Crippen LogP contribution < -0.4 is 10.5 Å². The van der Waals surface area contributed by atoms with Crippen molar-refractivity contribution in [1.82, 2.24) is 4.90 Å². The molecular weight excluding hydrogens is 260 g/mol. The number of nitrogens with zero attached hydrogens (tertiary/aromatic N) is 1. The molecule has 0 aromatic heterocycles. The highest BCUT2D eigenvalue weighted by Gasteiger charge is 2.37. The first-order chi connectivity index (χ1) is 10.2. The summed E-state index contributed by atoms with van der Waals surface area (Å²) in [5.74, 6) is 0.925. The minimum atomic E-state index is 0.132. The molecule has 1 aromatic rings. The molecule has 0 spiro atoms. The molecule has 3 nitrogen and oxygen atoms in total. The second-order valence-electron chi connectivity index (χ2n) is 6.54. The maximum Gasteiger partial charge on any atom is 0.119 e. The average molecular weight is 288 g/mol. The highest BCUT2D eigenvalue weighted by molar-refractivity contribution is 5.42. The zero-order valence-electron chi connectivity index (χ0n) is 13.3. The van der Waals surface area contributed by atoms with Gasteiger partial charge >= 0.3 is 0 Å². The van der Waals surface area contributed by atoms with Crippen LogP contribution in [0, 0.1) is 0 Å². The number of fused-ring (bicyclic) bond motifs is 1. The van der Waals surface area contributed by atoms with Gasteiger partial charge in [0.05, 0.1) is 7.11 Å². The number of methoxy groups -OCH3 is 1. The smallest absolute Gasteiger partial charge is 0.119 e. The summed E-state index contributed by atoms with van der Waals surface area (Å²) in [7, 11) is 1.72. The summed E-state index contributed by atoms with van der Waals surface area (Å²) in [6.07, 6.45) is 7.72. The first-order valence-corrected chi connectivity index (χ1v) is 8.42. The van der Waals surface area contributed by atoms with Crippen LogP contribution in [0.25, 0.3) is 0 Å². The van der Waals surface area contributed by atoms with Crippen molar-refractivity contribution in [2.24, 2.45) is 5.73 Å². The second-order valence-corrected chi connectivity index (χ2v) is 6.54. The van der Waals surface area contributed by atoms with Gasteiger partial charge in [0, 0.05) is 18.1 Å². The van der Waals surface area contributed by atoms with Crippen molar-refractivity contribution in [3.05, 3.63) is 29.3 Å². The minimum Gasteiger partial charge on any atom is -0.497 e. The van der Waals surface area contributed by atoms with Crippen LogP contribution in [-0.2, 0) is 6.42 Å². The molecule has 3 heteroatoms. The molecule has 21 heavy (non-hydrogen) atoms. The van der Waals surface area contributed by atoms with Crippen molar-refractivity contribution in [2.45, 2.75) is 63.6 Å². The fourth-order valence-electron chi connectivity index (χ4n) is 4.18. The third-order valence-corrected chi connectivity index (χ3v) is 5.28. The molecule has 3 unspecified atom stereocenters. The van der Waals surface area contributed by atoms with E-state index in [2.05, 4.69) is 30.0 Å². The van der Waals surface area contributed by atoms with Gasteiger partial charge in [0.15, 0.2) is 0 Å². The summed E-state index contributed by atoms with van der Waals surface area (Å²) >= 11 is 0. The zero-order chi connectivity index (χ0) is 14.8. The van der Waals surface area contributed by atoms with Crippen molar-refractivity contribution >= 4 is 0 Å². The maximum absolute atomic E-state index is 6.61. The number of hydrogen-bond acceptors (Lipinski definition) is 3. The first-order valence-electron chi connectivity index (χ1n) is 8.42. The molecule has 1 aliphatic heterocycles. The Balaban J connectivity index is 1.81. The second kappa shape index (κ2) is 6.37. The van der Waals surface area contributed by atoms with Crippen LogP contribution in [0.1, 0.15) is 56.2 Å². The number of nitrogens with two attached hydrogens (primary N) is 1. The molecule has 1 aromatic carbocycles. The van der Waals surface area contributed by atoms with Crippen molar-refractivity contribution in [3.63, 3.8) is 0 Å². The van der Waals surface area contributed by atoms with Crippen LogP contribution in [-0.4, -0.2) is 30.6 Å². The zero-order valence-corrected chi connectivity index (χ0v) is 13.3. The van der Waals surface area contributed by atoms with E-state index in [0.29, 0.717) is 6.04 Å². The van der Waals surface area contributed by atoms with Gasteiger partial charge in [-0.05, 0) is 55.5 Å². The summed E-state index contributed by atoms with van der Waals surface area (Å²) in [6, 6.07) is 7.74. The molecule has 1 fully saturated rings. The standard InChI is InChI=1S/C18H28N2O/c1-3-6-14-7-4-5-10-20(14)17-11-13-8-9-15(21-2)12-16(13)18(17)19/h8-9,12,14,17-18H,3-7,10-11,19H2,1-2H3. The fourth-order valence-corrected chi connectivity index (χ4v) is 4.18. The Bertz CT molecular complexity index is 486. The van der Waals surface area contributed by atoms with E-state index in [9.17, 15) is 0 Å². The Hall–Kier alpha value is -1.06. The van der Waals surface area contributed by atoms with Crippen LogP contribution >= 0.6 is 0 Å². The lowest BCUT2D eigenvalue weighted by Gasteiger charge is -2.41. The van der Waals surface area contributed by atoms with Gasteiger partial charge in [-0.3, -0.25) is 4.90 Å². The summed E-state index contributed by atoms with van der Waals surface area (Å²) in [5.41, 5.74) is 9.31. The number of ether oxygens (including phenoxy) is 1. The molecule has 1 saturated heterocycles. The van der Waals surface area contributed by atoms with Gasteiger partial charge < -0.3 is 10.5 Å². The molecular formula is C18H28N2O. The fraction of sp³-hybridized carbons (Fsp3) is 0.667. The Morgan fingerprint density at radius 2 is 2.19 bits per heavy atom. The largest absolute Gasteiger partial charge is 0.497 e. The van der Waals surface area contributed by atoms with Gasteiger partial charge in [0.25, 0.3) is 0 Å². The third-order valence-electron chi connectivity index (χ3n) is 5.28. The van der Waals surface area contributed by atoms with Crippen LogP contribution in [0.3, 0.4) is 0 Å². The summed E-state index contributed by atoms with van der Waals surface area (Å²) in [4.78, 5) is 2.71. The van der Waals surface area contributed by atoms with Crippen LogP contribution in [0.15, 0.2) is 18.2 Å². The SMILES string of the molecule is CCCC1CCCCN1C1Cc2ccc(OC)cc2C1N. The summed E-state index contributed by atoms with van der Waals surface area (Å²) in [6.45, 7) is 3.51. The first kappa shape index (κ1) is 14.9. The molecule has 116 valence electrons.